The van der Waals surface area contributed by atoms with Crippen LogP contribution >= 0.6 is 23.4 Å². The molecule has 0 spiro atoms. The van der Waals surface area contributed by atoms with Gasteiger partial charge < -0.3 is 10.3 Å². The van der Waals surface area contributed by atoms with Crippen LogP contribution in [0.15, 0.2) is 58.5 Å². The highest BCUT2D eigenvalue weighted by Crippen LogP contribution is 2.36. The average Bonchev–Trinajstić information content (AvgIpc) is 2.85. The normalized spacial score (nSPS) is 11.1. The van der Waals surface area contributed by atoms with E-state index in [2.05, 4.69) is 34.6 Å². The molecule has 0 radical (unpaired) electrons. The number of hydrogen-bond acceptors (Lipinski definition) is 2. The molecule has 4 heteroatoms. The molecule has 20 heavy (non-hydrogen) atoms. The highest BCUT2D eigenvalue weighted by molar-refractivity contribution is 7.99. The predicted molar refractivity (Wildman–Crippen MR) is 86.6 cm³/mol. The number of benzene rings is 2. The van der Waals surface area contributed by atoms with Crippen molar-refractivity contribution in [2.24, 2.45) is 0 Å². The number of rotatable bonds is 4. The van der Waals surface area contributed by atoms with Crippen LogP contribution < -0.4 is 5.32 Å². The summed E-state index contributed by atoms with van der Waals surface area (Å²) in [6, 6.07) is 16.5. The van der Waals surface area contributed by atoms with E-state index in [-0.39, 0.29) is 0 Å². The van der Waals surface area contributed by atoms with E-state index in [1.54, 1.807) is 11.8 Å². The molecular formula is C16H15ClN2S. The van der Waals surface area contributed by atoms with E-state index in [1.165, 1.54) is 10.9 Å². The number of aromatic amines is 1. The van der Waals surface area contributed by atoms with Gasteiger partial charge in [-0.3, -0.25) is 0 Å². The van der Waals surface area contributed by atoms with Crippen LogP contribution in [0.1, 0.15) is 5.56 Å². The van der Waals surface area contributed by atoms with Crippen molar-refractivity contribution in [2.75, 3.05) is 7.05 Å². The fraction of sp³-hybridized carbons (Fsp3) is 0.125. The van der Waals surface area contributed by atoms with Crippen molar-refractivity contribution < 1.29 is 0 Å². The van der Waals surface area contributed by atoms with Crippen molar-refractivity contribution >= 4 is 34.3 Å². The van der Waals surface area contributed by atoms with Crippen LogP contribution in [0.2, 0.25) is 5.02 Å². The Morgan fingerprint density at radius 1 is 1.15 bits per heavy atom. The van der Waals surface area contributed by atoms with Gasteiger partial charge in [0.05, 0.1) is 10.0 Å². The number of H-pyrrole nitrogens is 1. The maximum absolute atomic E-state index is 6.35. The molecule has 2 aromatic carbocycles. The summed E-state index contributed by atoms with van der Waals surface area (Å²) in [5.41, 5.74) is 2.36. The molecule has 1 heterocycles. The summed E-state index contributed by atoms with van der Waals surface area (Å²) in [5.74, 6) is 0. The van der Waals surface area contributed by atoms with Gasteiger partial charge in [-0.25, -0.2) is 0 Å². The second-order valence-electron chi connectivity index (χ2n) is 4.58. The second-order valence-corrected chi connectivity index (χ2v) is 6.04. The number of fused-ring (bicyclic) bond motifs is 1. The Morgan fingerprint density at radius 2 is 2.00 bits per heavy atom. The lowest BCUT2D eigenvalue weighted by Gasteiger charge is -2.09. The molecule has 102 valence electrons. The Kier molecular flexibility index (Phi) is 4.01. The van der Waals surface area contributed by atoms with Gasteiger partial charge in [-0.1, -0.05) is 53.7 Å². The van der Waals surface area contributed by atoms with E-state index in [0.717, 1.165) is 27.0 Å². The third kappa shape index (κ3) is 2.70. The van der Waals surface area contributed by atoms with Crippen molar-refractivity contribution in [1.82, 2.24) is 10.3 Å². The van der Waals surface area contributed by atoms with Gasteiger partial charge in [-0.15, -0.1) is 0 Å². The first-order valence-electron chi connectivity index (χ1n) is 6.45. The van der Waals surface area contributed by atoms with Crippen molar-refractivity contribution in [3.8, 4) is 0 Å². The molecule has 0 aliphatic heterocycles. The van der Waals surface area contributed by atoms with Crippen LogP contribution in [0, 0.1) is 0 Å². The molecule has 0 saturated carbocycles. The van der Waals surface area contributed by atoms with Gasteiger partial charge in [-0.2, -0.15) is 0 Å². The maximum Gasteiger partial charge on any atom is 0.0781 e. The number of nitrogens with one attached hydrogen (secondary N) is 2. The number of aromatic nitrogens is 1. The van der Waals surface area contributed by atoms with Gasteiger partial charge in [0.2, 0.25) is 0 Å². The number of halogens is 1. The van der Waals surface area contributed by atoms with Gasteiger partial charge in [0, 0.05) is 22.3 Å². The lowest BCUT2D eigenvalue weighted by Crippen LogP contribution is -2.06. The Bertz CT molecular complexity index is 703. The summed E-state index contributed by atoms with van der Waals surface area (Å²) in [6.07, 6.45) is 0. The summed E-state index contributed by atoms with van der Waals surface area (Å²) < 4.78 is 0. The molecule has 1 aromatic heterocycles. The molecule has 0 aliphatic carbocycles. The molecule has 0 atom stereocenters. The summed E-state index contributed by atoms with van der Waals surface area (Å²) in [5, 5.41) is 6.30. The van der Waals surface area contributed by atoms with Crippen LogP contribution in [0.25, 0.3) is 10.9 Å². The molecule has 3 rings (SSSR count). The first kappa shape index (κ1) is 13.6. The average molecular weight is 303 g/mol. The first-order valence-corrected chi connectivity index (χ1v) is 7.65. The SMILES string of the molecule is CNCc1cccc(Cl)c1Sc1cc2ccccc2[nH]1. The summed E-state index contributed by atoms with van der Waals surface area (Å²) >= 11 is 8.03. The summed E-state index contributed by atoms with van der Waals surface area (Å²) in [7, 11) is 1.94. The fourth-order valence-corrected chi connectivity index (χ4v) is 3.52. The number of hydrogen-bond donors (Lipinski definition) is 2. The topological polar surface area (TPSA) is 27.8 Å². The molecular weight excluding hydrogens is 288 g/mol. The van der Waals surface area contributed by atoms with Crippen molar-refractivity contribution in [2.45, 2.75) is 16.5 Å². The van der Waals surface area contributed by atoms with E-state index < -0.39 is 0 Å². The summed E-state index contributed by atoms with van der Waals surface area (Å²) in [4.78, 5) is 4.53. The molecule has 0 fully saturated rings. The lowest BCUT2D eigenvalue weighted by molar-refractivity contribution is 0.803. The zero-order chi connectivity index (χ0) is 13.9. The molecule has 2 nitrogen and oxygen atoms in total. The standard InChI is InChI=1S/C16H15ClN2S/c1-18-10-12-6-4-7-13(17)16(12)20-15-9-11-5-2-3-8-14(11)19-15/h2-9,18-19H,10H2,1H3. The fourth-order valence-electron chi connectivity index (χ4n) is 2.21. The second kappa shape index (κ2) is 5.92. The molecule has 0 amide bonds. The van der Waals surface area contributed by atoms with Crippen molar-refractivity contribution in [3.05, 3.63) is 59.1 Å². The molecule has 2 N–H and O–H groups in total. The van der Waals surface area contributed by atoms with Crippen LogP contribution in [0.3, 0.4) is 0 Å². The zero-order valence-corrected chi connectivity index (χ0v) is 12.7. The minimum absolute atomic E-state index is 0.793. The first-order chi connectivity index (χ1) is 9.78. The largest absolute Gasteiger partial charge is 0.349 e. The van der Waals surface area contributed by atoms with Gasteiger partial charge in [0.1, 0.15) is 0 Å². The third-order valence-corrected chi connectivity index (χ3v) is 4.69. The molecule has 3 aromatic rings. The maximum atomic E-state index is 6.35. The minimum atomic E-state index is 0.793. The Balaban J connectivity index is 1.97. The van der Waals surface area contributed by atoms with Crippen LogP contribution in [0.5, 0.6) is 0 Å². The van der Waals surface area contributed by atoms with Gasteiger partial charge in [0.25, 0.3) is 0 Å². The highest BCUT2D eigenvalue weighted by atomic mass is 35.5. The van der Waals surface area contributed by atoms with E-state index in [1.807, 2.05) is 31.3 Å². The van der Waals surface area contributed by atoms with Crippen LogP contribution in [0.4, 0.5) is 0 Å². The molecule has 0 saturated heterocycles. The van der Waals surface area contributed by atoms with E-state index >= 15 is 0 Å². The van der Waals surface area contributed by atoms with Gasteiger partial charge in [-0.05, 0) is 30.8 Å². The summed E-state index contributed by atoms with van der Waals surface area (Å²) in [6.45, 7) is 0.809. The van der Waals surface area contributed by atoms with E-state index in [9.17, 15) is 0 Å². The Labute approximate surface area is 127 Å². The van der Waals surface area contributed by atoms with Gasteiger partial charge >= 0.3 is 0 Å². The Morgan fingerprint density at radius 3 is 2.80 bits per heavy atom. The smallest absolute Gasteiger partial charge is 0.0781 e. The number of para-hydroxylation sites is 1. The van der Waals surface area contributed by atoms with Crippen molar-refractivity contribution in [1.29, 1.82) is 0 Å². The zero-order valence-electron chi connectivity index (χ0n) is 11.1. The van der Waals surface area contributed by atoms with Gasteiger partial charge in [0.15, 0.2) is 0 Å². The van der Waals surface area contributed by atoms with E-state index in [0.29, 0.717) is 0 Å². The minimum Gasteiger partial charge on any atom is -0.349 e. The van der Waals surface area contributed by atoms with Crippen LogP contribution in [-0.2, 0) is 6.54 Å². The molecule has 0 bridgehead atoms. The predicted octanol–water partition coefficient (Wildman–Crippen LogP) is 4.69. The molecule has 0 unspecified atom stereocenters. The van der Waals surface area contributed by atoms with Crippen molar-refractivity contribution in [3.63, 3.8) is 0 Å². The van der Waals surface area contributed by atoms with Crippen LogP contribution in [-0.4, -0.2) is 12.0 Å². The third-order valence-electron chi connectivity index (χ3n) is 3.13. The quantitative estimate of drug-likeness (QED) is 0.731. The molecule has 0 aliphatic rings. The lowest BCUT2D eigenvalue weighted by atomic mass is 10.2. The monoisotopic (exact) mass is 302 g/mol. The highest BCUT2D eigenvalue weighted by Gasteiger charge is 2.10. The Hall–Kier alpha value is -1.42. The van der Waals surface area contributed by atoms with E-state index in [4.69, 9.17) is 11.6 Å².